The van der Waals surface area contributed by atoms with Gasteiger partial charge in [-0.05, 0) is 37.2 Å². The third-order valence-electron chi connectivity index (χ3n) is 3.26. The predicted octanol–water partition coefficient (Wildman–Crippen LogP) is 3.97. The van der Waals surface area contributed by atoms with Gasteiger partial charge in [0.1, 0.15) is 17.4 Å². The van der Waals surface area contributed by atoms with Crippen LogP contribution in [0, 0.1) is 0 Å². The lowest BCUT2D eigenvalue weighted by molar-refractivity contribution is 0.463. The molecular formula is C16H16ClN3O. The fraction of sp³-hybridized carbons (Fsp3) is 0.250. The molecule has 1 unspecified atom stereocenters. The molecule has 1 aromatic carbocycles. The molecule has 21 heavy (non-hydrogen) atoms. The van der Waals surface area contributed by atoms with E-state index < -0.39 is 0 Å². The second-order valence-electron chi connectivity index (χ2n) is 4.85. The number of rotatable bonds is 5. The van der Waals surface area contributed by atoms with Crippen LogP contribution in [0.4, 0.5) is 0 Å². The fourth-order valence-corrected chi connectivity index (χ4v) is 2.46. The highest BCUT2D eigenvalue weighted by molar-refractivity contribution is 6.31. The molecule has 0 aliphatic rings. The highest BCUT2D eigenvalue weighted by atomic mass is 35.5. The maximum absolute atomic E-state index is 6.03. The predicted molar refractivity (Wildman–Crippen MR) is 83.4 cm³/mol. The van der Waals surface area contributed by atoms with E-state index in [0.29, 0.717) is 5.02 Å². The van der Waals surface area contributed by atoms with Crippen LogP contribution in [0.2, 0.25) is 5.02 Å². The molecular weight excluding hydrogens is 286 g/mol. The minimum Gasteiger partial charge on any atom is -0.459 e. The summed E-state index contributed by atoms with van der Waals surface area (Å²) in [5.74, 6) is 0.821. The van der Waals surface area contributed by atoms with Gasteiger partial charge in [-0.25, -0.2) is 0 Å². The molecule has 0 aliphatic heterocycles. The topological polar surface area (TPSA) is 51.0 Å². The molecule has 1 N–H and O–H groups in total. The van der Waals surface area contributed by atoms with E-state index in [1.165, 1.54) is 0 Å². The zero-order valence-electron chi connectivity index (χ0n) is 11.7. The Morgan fingerprint density at radius 3 is 2.95 bits per heavy atom. The van der Waals surface area contributed by atoms with Crippen LogP contribution in [0.25, 0.3) is 11.0 Å². The summed E-state index contributed by atoms with van der Waals surface area (Å²) in [5, 5.41) is 5.14. The van der Waals surface area contributed by atoms with Gasteiger partial charge in [-0.15, -0.1) is 0 Å². The molecule has 0 aliphatic carbocycles. The van der Waals surface area contributed by atoms with Crippen molar-refractivity contribution in [2.45, 2.75) is 19.4 Å². The monoisotopic (exact) mass is 301 g/mol. The molecule has 0 spiro atoms. The summed E-state index contributed by atoms with van der Waals surface area (Å²) in [5.41, 5.74) is 1.66. The smallest absolute Gasteiger partial charge is 0.134 e. The van der Waals surface area contributed by atoms with Crippen molar-refractivity contribution in [2.24, 2.45) is 0 Å². The molecule has 0 saturated heterocycles. The van der Waals surface area contributed by atoms with Crippen molar-refractivity contribution in [3.8, 4) is 0 Å². The zero-order chi connectivity index (χ0) is 14.7. The summed E-state index contributed by atoms with van der Waals surface area (Å²) in [6, 6.07) is 7.51. The fourth-order valence-electron chi connectivity index (χ4n) is 2.28. The molecule has 0 saturated carbocycles. The van der Waals surface area contributed by atoms with E-state index in [2.05, 4.69) is 22.2 Å². The van der Waals surface area contributed by atoms with Gasteiger partial charge in [0, 0.05) is 22.8 Å². The van der Waals surface area contributed by atoms with E-state index in [-0.39, 0.29) is 6.04 Å². The first-order valence-corrected chi connectivity index (χ1v) is 7.34. The number of halogens is 1. The van der Waals surface area contributed by atoms with Crippen LogP contribution in [0.5, 0.6) is 0 Å². The SMILES string of the molecule is CCCNC(c1cnccn1)c1cc2cc(Cl)ccc2o1. The number of fused-ring (bicyclic) bond motifs is 1. The van der Waals surface area contributed by atoms with E-state index in [9.17, 15) is 0 Å². The van der Waals surface area contributed by atoms with E-state index in [1.54, 1.807) is 18.6 Å². The van der Waals surface area contributed by atoms with Gasteiger partial charge >= 0.3 is 0 Å². The lowest BCUT2D eigenvalue weighted by Gasteiger charge is -2.14. The number of hydrogen-bond donors (Lipinski definition) is 1. The van der Waals surface area contributed by atoms with Gasteiger partial charge in [-0.1, -0.05) is 18.5 Å². The van der Waals surface area contributed by atoms with E-state index in [1.807, 2.05) is 24.3 Å². The first-order valence-electron chi connectivity index (χ1n) is 6.96. The summed E-state index contributed by atoms with van der Waals surface area (Å²) in [4.78, 5) is 8.53. The molecule has 2 aromatic heterocycles. The van der Waals surface area contributed by atoms with Crippen LogP contribution in [-0.2, 0) is 0 Å². The van der Waals surface area contributed by atoms with Crippen molar-refractivity contribution < 1.29 is 4.42 Å². The first kappa shape index (κ1) is 14.0. The maximum atomic E-state index is 6.03. The van der Waals surface area contributed by atoms with Gasteiger partial charge in [0.2, 0.25) is 0 Å². The Kier molecular flexibility index (Phi) is 4.18. The van der Waals surface area contributed by atoms with Crippen molar-refractivity contribution in [2.75, 3.05) is 6.54 Å². The Balaban J connectivity index is 2.01. The molecule has 0 radical (unpaired) electrons. The molecule has 3 rings (SSSR count). The quantitative estimate of drug-likeness (QED) is 0.775. The lowest BCUT2D eigenvalue weighted by Crippen LogP contribution is -2.23. The van der Waals surface area contributed by atoms with Crippen molar-refractivity contribution in [1.29, 1.82) is 0 Å². The van der Waals surface area contributed by atoms with Crippen LogP contribution < -0.4 is 5.32 Å². The van der Waals surface area contributed by atoms with Crippen LogP contribution >= 0.6 is 11.6 Å². The number of aromatic nitrogens is 2. The van der Waals surface area contributed by atoms with Gasteiger partial charge < -0.3 is 9.73 Å². The molecule has 0 bridgehead atoms. The third kappa shape index (κ3) is 3.06. The Hall–Kier alpha value is -1.91. The van der Waals surface area contributed by atoms with Crippen LogP contribution in [-0.4, -0.2) is 16.5 Å². The van der Waals surface area contributed by atoms with Gasteiger partial charge in [0.05, 0.1) is 11.9 Å². The Labute approximate surface area is 128 Å². The van der Waals surface area contributed by atoms with Gasteiger partial charge in [-0.3, -0.25) is 9.97 Å². The molecule has 0 fully saturated rings. The molecule has 4 nitrogen and oxygen atoms in total. The van der Waals surface area contributed by atoms with E-state index in [4.69, 9.17) is 16.0 Å². The summed E-state index contributed by atoms with van der Waals surface area (Å²) >= 11 is 6.03. The minimum atomic E-state index is -0.107. The van der Waals surface area contributed by atoms with Crippen LogP contribution in [0.15, 0.2) is 47.3 Å². The third-order valence-corrected chi connectivity index (χ3v) is 3.49. The molecule has 2 heterocycles. The average molecular weight is 302 g/mol. The number of nitrogens with one attached hydrogen (secondary N) is 1. The molecule has 5 heteroatoms. The highest BCUT2D eigenvalue weighted by Crippen LogP contribution is 2.28. The number of hydrogen-bond acceptors (Lipinski definition) is 4. The Morgan fingerprint density at radius 1 is 1.29 bits per heavy atom. The largest absolute Gasteiger partial charge is 0.459 e. The van der Waals surface area contributed by atoms with Crippen molar-refractivity contribution in [3.63, 3.8) is 0 Å². The van der Waals surface area contributed by atoms with Crippen molar-refractivity contribution >= 4 is 22.6 Å². The number of furan rings is 1. The summed E-state index contributed by atoms with van der Waals surface area (Å²) < 4.78 is 5.95. The molecule has 3 aromatic rings. The van der Waals surface area contributed by atoms with E-state index >= 15 is 0 Å². The summed E-state index contributed by atoms with van der Waals surface area (Å²) in [6.07, 6.45) is 6.14. The second kappa shape index (κ2) is 6.24. The summed E-state index contributed by atoms with van der Waals surface area (Å²) in [6.45, 7) is 3.00. The standard InChI is InChI=1S/C16H16ClN3O/c1-2-5-20-16(13-10-18-6-7-19-13)15-9-11-8-12(17)3-4-14(11)21-15/h3-4,6-10,16,20H,2,5H2,1H3. The second-order valence-corrected chi connectivity index (χ2v) is 5.28. The van der Waals surface area contributed by atoms with Crippen LogP contribution in [0.3, 0.4) is 0 Å². The Morgan fingerprint density at radius 2 is 2.19 bits per heavy atom. The maximum Gasteiger partial charge on any atom is 0.134 e. The highest BCUT2D eigenvalue weighted by Gasteiger charge is 2.19. The van der Waals surface area contributed by atoms with Crippen molar-refractivity contribution in [3.05, 3.63) is 59.3 Å². The minimum absolute atomic E-state index is 0.107. The number of benzene rings is 1. The Bertz CT molecular complexity index is 727. The normalized spacial score (nSPS) is 12.7. The average Bonchev–Trinajstić information content (AvgIpc) is 2.91. The lowest BCUT2D eigenvalue weighted by atomic mass is 10.1. The number of nitrogens with zero attached hydrogens (tertiary/aromatic N) is 2. The van der Waals surface area contributed by atoms with Gasteiger partial charge in [-0.2, -0.15) is 0 Å². The van der Waals surface area contributed by atoms with Gasteiger partial charge in [0.15, 0.2) is 0 Å². The zero-order valence-corrected chi connectivity index (χ0v) is 12.5. The van der Waals surface area contributed by atoms with Crippen molar-refractivity contribution in [1.82, 2.24) is 15.3 Å². The van der Waals surface area contributed by atoms with Crippen LogP contribution in [0.1, 0.15) is 30.8 Å². The van der Waals surface area contributed by atoms with Gasteiger partial charge in [0.25, 0.3) is 0 Å². The first-order chi connectivity index (χ1) is 10.3. The molecule has 108 valence electrons. The molecule has 1 atom stereocenters. The van der Waals surface area contributed by atoms with E-state index in [0.717, 1.165) is 35.4 Å². The summed E-state index contributed by atoms with van der Waals surface area (Å²) in [7, 11) is 0. The molecule has 0 amide bonds.